The fourth-order valence-electron chi connectivity index (χ4n) is 3.78. The summed E-state index contributed by atoms with van der Waals surface area (Å²) in [5.41, 5.74) is 2.76. The lowest BCUT2D eigenvalue weighted by Gasteiger charge is -2.32. The second kappa shape index (κ2) is 5.84. The van der Waals surface area contributed by atoms with Crippen LogP contribution in [0, 0.1) is 12.7 Å². The minimum Gasteiger partial charge on any atom is -0.472 e. The van der Waals surface area contributed by atoms with Crippen molar-refractivity contribution >= 4 is 27.4 Å². The fraction of sp³-hybridized carbons (Fsp3) is 0.136. The summed E-state index contributed by atoms with van der Waals surface area (Å²) in [6.45, 7) is 2.79. The smallest absolute Gasteiger partial charge is 0.344 e. The van der Waals surface area contributed by atoms with Gasteiger partial charge in [0.1, 0.15) is 17.1 Å². The van der Waals surface area contributed by atoms with Crippen molar-refractivity contribution in [1.29, 1.82) is 0 Å². The highest BCUT2D eigenvalue weighted by Crippen LogP contribution is 2.37. The van der Waals surface area contributed by atoms with E-state index in [4.69, 9.17) is 9.15 Å². The molecular weight excluding hydrogens is 345 g/mol. The van der Waals surface area contributed by atoms with E-state index in [9.17, 15) is 9.18 Å². The van der Waals surface area contributed by atoms with Gasteiger partial charge >= 0.3 is 5.63 Å². The number of hydrogen-bond acceptors (Lipinski definition) is 4. The Labute approximate surface area is 154 Å². The molecule has 0 bridgehead atoms. The molecule has 5 heteroatoms. The summed E-state index contributed by atoms with van der Waals surface area (Å²) in [5, 5.41) is 2.30. The number of benzene rings is 3. The third kappa shape index (κ3) is 2.46. The molecule has 27 heavy (non-hydrogen) atoms. The topological polar surface area (TPSA) is 42.7 Å². The molecule has 0 atom stereocenters. The van der Waals surface area contributed by atoms with Crippen molar-refractivity contribution in [1.82, 2.24) is 0 Å². The summed E-state index contributed by atoms with van der Waals surface area (Å²) >= 11 is 0. The molecule has 1 aliphatic heterocycles. The Morgan fingerprint density at radius 2 is 1.81 bits per heavy atom. The normalized spacial score (nSPS) is 13.6. The summed E-state index contributed by atoms with van der Waals surface area (Å²) < 4.78 is 25.2. The second-order valence-corrected chi connectivity index (χ2v) is 6.75. The number of aryl methyl sites for hydroxylation is 1. The maximum atomic E-state index is 13.6. The number of anilines is 1. The maximum Gasteiger partial charge on any atom is 0.344 e. The molecule has 5 rings (SSSR count). The van der Waals surface area contributed by atoms with Gasteiger partial charge in [0, 0.05) is 28.7 Å². The largest absolute Gasteiger partial charge is 0.472 e. The summed E-state index contributed by atoms with van der Waals surface area (Å²) in [6, 6.07) is 15.9. The molecule has 4 nitrogen and oxygen atoms in total. The van der Waals surface area contributed by atoms with Crippen LogP contribution < -0.4 is 15.3 Å². The molecule has 0 spiro atoms. The van der Waals surface area contributed by atoms with Gasteiger partial charge in [-0.3, -0.25) is 0 Å². The Balaban J connectivity index is 1.71. The number of rotatable bonds is 1. The van der Waals surface area contributed by atoms with Crippen LogP contribution in [0.3, 0.4) is 0 Å². The lowest BCUT2D eigenvalue weighted by molar-refractivity contribution is 0.287. The van der Waals surface area contributed by atoms with Gasteiger partial charge in [-0.15, -0.1) is 0 Å². The number of nitrogens with zero attached hydrogens (tertiary/aromatic N) is 1. The predicted molar refractivity (Wildman–Crippen MR) is 103 cm³/mol. The molecule has 2 heterocycles. The van der Waals surface area contributed by atoms with Gasteiger partial charge in [0.2, 0.25) is 0 Å². The van der Waals surface area contributed by atoms with Crippen molar-refractivity contribution in [3.63, 3.8) is 0 Å². The van der Waals surface area contributed by atoms with Crippen LogP contribution in [0.4, 0.5) is 10.1 Å². The Morgan fingerprint density at radius 3 is 2.63 bits per heavy atom. The van der Waals surface area contributed by atoms with Crippen LogP contribution in [-0.2, 0) is 6.54 Å². The predicted octanol–water partition coefficient (Wildman–Crippen LogP) is 4.75. The molecule has 0 saturated heterocycles. The minimum absolute atomic E-state index is 0.277. The van der Waals surface area contributed by atoms with Gasteiger partial charge in [-0.05, 0) is 42.6 Å². The van der Waals surface area contributed by atoms with Crippen molar-refractivity contribution in [2.45, 2.75) is 13.5 Å². The van der Waals surface area contributed by atoms with Crippen LogP contribution in [0.5, 0.6) is 5.75 Å². The van der Waals surface area contributed by atoms with Gasteiger partial charge in [-0.2, -0.15) is 0 Å². The highest BCUT2D eigenvalue weighted by molar-refractivity contribution is 6.06. The Kier molecular flexibility index (Phi) is 3.44. The monoisotopic (exact) mass is 361 g/mol. The Hall–Kier alpha value is -3.34. The molecule has 134 valence electrons. The van der Waals surface area contributed by atoms with Crippen LogP contribution in [0.25, 0.3) is 21.7 Å². The number of halogens is 1. The first-order valence-electron chi connectivity index (χ1n) is 8.73. The minimum atomic E-state index is -0.349. The van der Waals surface area contributed by atoms with E-state index >= 15 is 0 Å². The summed E-state index contributed by atoms with van der Waals surface area (Å²) in [7, 11) is 0. The second-order valence-electron chi connectivity index (χ2n) is 6.75. The maximum absolute atomic E-state index is 13.6. The molecule has 0 saturated carbocycles. The van der Waals surface area contributed by atoms with Gasteiger partial charge in [0.05, 0.1) is 5.39 Å². The molecule has 0 amide bonds. The average Bonchev–Trinajstić information content (AvgIpc) is 2.69. The van der Waals surface area contributed by atoms with E-state index in [1.165, 1.54) is 12.1 Å². The SMILES string of the molecule is Cc1c2c(cc3c1oc(=O)c1ccccc13)CN(c1cccc(F)c1)CO2. The molecular formula is C22H16FNO3. The molecule has 0 N–H and O–H groups in total. The fourth-order valence-corrected chi connectivity index (χ4v) is 3.78. The van der Waals surface area contributed by atoms with Crippen LogP contribution in [0.2, 0.25) is 0 Å². The zero-order chi connectivity index (χ0) is 18.5. The van der Waals surface area contributed by atoms with Crippen LogP contribution in [0.15, 0.2) is 63.8 Å². The zero-order valence-electron chi connectivity index (χ0n) is 14.7. The van der Waals surface area contributed by atoms with Crippen LogP contribution >= 0.6 is 0 Å². The Morgan fingerprint density at radius 1 is 1.00 bits per heavy atom. The van der Waals surface area contributed by atoms with Crippen LogP contribution in [0.1, 0.15) is 11.1 Å². The zero-order valence-corrected chi connectivity index (χ0v) is 14.7. The van der Waals surface area contributed by atoms with Crippen LogP contribution in [-0.4, -0.2) is 6.73 Å². The molecule has 1 aromatic heterocycles. The van der Waals surface area contributed by atoms with Gasteiger partial charge in [0.15, 0.2) is 6.73 Å². The summed E-state index contributed by atoms with van der Waals surface area (Å²) in [5.74, 6) is 0.453. The van der Waals surface area contributed by atoms with E-state index in [1.54, 1.807) is 12.1 Å². The molecule has 0 fully saturated rings. The molecule has 1 aliphatic rings. The van der Waals surface area contributed by atoms with E-state index < -0.39 is 0 Å². The van der Waals surface area contributed by atoms with Gasteiger partial charge in [-0.1, -0.05) is 24.3 Å². The molecule has 0 unspecified atom stereocenters. The van der Waals surface area contributed by atoms with E-state index in [2.05, 4.69) is 0 Å². The number of hydrogen-bond donors (Lipinski definition) is 0. The lowest BCUT2D eigenvalue weighted by atomic mass is 10.00. The van der Waals surface area contributed by atoms with Crippen molar-refractivity contribution in [2.24, 2.45) is 0 Å². The highest BCUT2D eigenvalue weighted by atomic mass is 19.1. The quantitative estimate of drug-likeness (QED) is 0.362. The highest BCUT2D eigenvalue weighted by Gasteiger charge is 2.23. The summed E-state index contributed by atoms with van der Waals surface area (Å²) in [6.07, 6.45) is 0. The van der Waals surface area contributed by atoms with Gasteiger partial charge < -0.3 is 14.1 Å². The number of fused-ring (bicyclic) bond motifs is 4. The van der Waals surface area contributed by atoms with E-state index in [-0.39, 0.29) is 11.4 Å². The third-order valence-corrected chi connectivity index (χ3v) is 5.07. The molecule has 3 aromatic carbocycles. The van der Waals surface area contributed by atoms with Gasteiger partial charge in [0.25, 0.3) is 0 Å². The van der Waals surface area contributed by atoms with Crippen molar-refractivity contribution in [3.05, 3.63) is 82.0 Å². The molecule has 4 aromatic rings. The number of ether oxygens (including phenoxy) is 1. The van der Waals surface area contributed by atoms with E-state index in [1.807, 2.05) is 42.2 Å². The van der Waals surface area contributed by atoms with Crippen molar-refractivity contribution < 1.29 is 13.5 Å². The lowest BCUT2D eigenvalue weighted by Crippen LogP contribution is -2.32. The first-order chi connectivity index (χ1) is 13.1. The van der Waals surface area contributed by atoms with Crippen molar-refractivity contribution in [2.75, 3.05) is 11.6 Å². The van der Waals surface area contributed by atoms with Gasteiger partial charge in [-0.25, -0.2) is 9.18 Å². The average molecular weight is 361 g/mol. The van der Waals surface area contributed by atoms with Crippen molar-refractivity contribution in [3.8, 4) is 5.75 Å². The summed E-state index contributed by atoms with van der Waals surface area (Å²) in [4.78, 5) is 14.3. The first-order valence-corrected chi connectivity index (χ1v) is 8.73. The molecule has 0 radical (unpaired) electrons. The first kappa shape index (κ1) is 15.9. The van der Waals surface area contributed by atoms with E-state index in [0.29, 0.717) is 24.2 Å². The standard InChI is InChI=1S/C22H16FNO3/c1-13-20-14(11-24(12-26-20)16-6-4-5-15(23)10-16)9-19-17-7-2-3-8-18(17)22(25)27-21(13)19/h2-10H,11-12H2,1H3. The Bertz CT molecular complexity index is 1260. The molecule has 0 aliphatic carbocycles. The third-order valence-electron chi connectivity index (χ3n) is 5.07. The van der Waals surface area contributed by atoms with E-state index in [0.717, 1.165) is 33.3 Å².